The van der Waals surface area contributed by atoms with E-state index in [4.69, 9.17) is 0 Å². The first-order valence-electron chi connectivity index (χ1n) is 14.5. The predicted molar refractivity (Wildman–Crippen MR) is 157 cm³/mol. The second kappa shape index (κ2) is 11.2. The van der Waals surface area contributed by atoms with Crippen LogP contribution in [0.4, 0.5) is 17.6 Å². The molecular formula is C32H31F4N5O3. The van der Waals surface area contributed by atoms with Crippen molar-refractivity contribution in [1.29, 1.82) is 0 Å². The Morgan fingerprint density at radius 3 is 2.59 bits per heavy atom. The number of nitrogens with zero attached hydrogens (tertiary/aromatic N) is 3. The fourth-order valence-corrected chi connectivity index (χ4v) is 6.62. The number of aromatic nitrogens is 3. The zero-order valence-corrected chi connectivity index (χ0v) is 24.1. The molecule has 4 heterocycles. The van der Waals surface area contributed by atoms with Crippen molar-refractivity contribution in [3.63, 3.8) is 0 Å². The molecular weight excluding hydrogens is 578 g/mol. The Morgan fingerprint density at radius 2 is 1.89 bits per heavy atom. The number of halogens is 4. The molecule has 44 heavy (non-hydrogen) atoms. The maximum atomic E-state index is 14.1. The summed E-state index contributed by atoms with van der Waals surface area (Å²) < 4.78 is 54.9. The number of benzene rings is 2. The van der Waals surface area contributed by atoms with Crippen molar-refractivity contribution < 1.29 is 27.2 Å². The number of carbonyl (C=O) groups is 2. The first-order valence-corrected chi connectivity index (χ1v) is 14.5. The highest BCUT2D eigenvalue weighted by Crippen LogP contribution is 2.36. The SMILES string of the molecule is C=C(C)c1cc2c(c3cn[nH]c13)CN(CC(F)(F)F)C(=O)[C@H](CC(=O)N1CCC(c3cc4cccc(F)c4[nH]c3=O)CC1)C2. The molecule has 4 aromatic rings. The summed E-state index contributed by atoms with van der Waals surface area (Å²) in [5, 5.41) is 8.19. The van der Waals surface area contributed by atoms with Crippen LogP contribution in [0.3, 0.4) is 0 Å². The monoisotopic (exact) mass is 609 g/mol. The molecule has 0 unspecified atom stereocenters. The average Bonchev–Trinajstić information content (AvgIpc) is 3.42. The number of hydrogen-bond acceptors (Lipinski definition) is 4. The van der Waals surface area contributed by atoms with Gasteiger partial charge in [0.15, 0.2) is 0 Å². The van der Waals surface area contributed by atoms with Gasteiger partial charge in [0.2, 0.25) is 11.8 Å². The third-order valence-electron chi connectivity index (χ3n) is 8.81. The molecule has 0 saturated carbocycles. The number of aromatic amines is 2. The lowest BCUT2D eigenvalue weighted by Gasteiger charge is -2.33. The molecule has 0 radical (unpaired) electrons. The first-order chi connectivity index (χ1) is 20.9. The molecule has 0 spiro atoms. The minimum Gasteiger partial charge on any atom is -0.343 e. The Labute approximate surface area is 249 Å². The number of piperidine rings is 1. The Bertz CT molecular complexity index is 1850. The van der Waals surface area contributed by atoms with Crippen LogP contribution in [0.5, 0.6) is 0 Å². The number of alkyl halides is 3. The van der Waals surface area contributed by atoms with E-state index in [9.17, 15) is 31.9 Å². The van der Waals surface area contributed by atoms with Crippen molar-refractivity contribution in [3.8, 4) is 0 Å². The minimum absolute atomic E-state index is 0.106. The standard InChI is InChI=1S/C32H31F4N5O3/c1-17(2)22-12-20-10-21(31(44)41(16-32(34,35)36)15-25(20)24-14-37-39-29(22)24)13-27(42)40-8-6-18(7-9-40)23-11-19-4-3-5-26(33)28(19)38-30(23)43/h3-5,11-12,14,18,21H,1,6-10,13,15-16H2,2H3,(H,37,39)(H,38,43)/t21-/m0/s1. The average molecular weight is 610 g/mol. The number of rotatable bonds is 5. The summed E-state index contributed by atoms with van der Waals surface area (Å²) in [6.07, 6.45) is -2.23. The van der Waals surface area contributed by atoms with E-state index in [2.05, 4.69) is 21.8 Å². The fourth-order valence-electron chi connectivity index (χ4n) is 6.62. The summed E-state index contributed by atoms with van der Waals surface area (Å²) in [6, 6.07) is 8.09. The maximum absolute atomic E-state index is 14.1. The predicted octanol–water partition coefficient (Wildman–Crippen LogP) is 5.44. The molecule has 2 N–H and O–H groups in total. The number of likely N-dealkylation sites (tertiary alicyclic amines) is 1. The van der Waals surface area contributed by atoms with Crippen LogP contribution in [-0.4, -0.2) is 62.6 Å². The molecule has 1 atom stereocenters. The van der Waals surface area contributed by atoms with E-state index in [1.54, 1.807) is 29.3 Å². The molecule has 2 amide bonds. The van der Waals surface area contributed by atoms with E-state index in [-0.39, 0.29) is 42.3 Å². The molecule has 0 bridgehead atoms. The number of nitrogens with one attached hydrogen (secondary N) is 2. The summed E-state index contributed by atoms with van der Waals surface area (Å²) in [6.45, 7) is 4.80. The van der Waals surface area contributed by atoms with Crippen molar-refractivity contribution in [2.75, 3.05) is 19.6 Å². The zero-order valence-electron chi connectivity index (χ0n) is 24.1. The molecule has 2 aliphatic heterocycles. The third-order valence-corrected chi connectivity index (χ3v) is 8.81. The number of allylic oxidation sites excluding steroid dienone is 1. The van der Waals surface area contributed by atoms with Gasteiger partial charge in [-0.05, 0) is 67.0 Å². The number of fused-ring (bicyclic) bond motifs is 4. The van der Waals surface area contributed by atoms with Gasteiger partial charge in [0.05, 0.1) is 23.1 Å². The number of amides is 2. The van der Waals surface area contributed by atoms with Gasteiger partial charge in [-0.25, -0.2) is 4.39 Å². The molecule has 0 aliphatic carbocycles. The van der Waals surface area contributed by atoms with Crippen LogP contribution in [0, 0.1) is 11.7 Å². The summed E-state index contributed by atoms with van der Waals surface area (Å²) >= 11 is 0. The second-order valence-corrected chi connectivity index (χ2v) is 11.8. The van der Waals surface area contributed by atoms with Gasteiger partial charge < -0.3 is 14.8 Å². The first kappa shape index (κ1) is 29.6. The van der Waals surface area contributed by atoms with E-state index in [0.717, 1.165) is 16.0 Å². The van der Waals surface area contributed by atoms with Crippen molar-refractivity contribution >= 4 is 39.2 Å². The number of H-pyrrole nitrogens is 2. The van der Waals surface area contributed by atoms with Crippen LogP contribution in [-0.2, 0) is 22.6 Å². The van der Waals surface area contributed by atoms with Crippen molar-refractivity contribution in [3.05, 3.63) is 81.5 Å². The van der Waals surface area contributed by atoms with Crippen LogP contribution >= 0.6 is 0 Å². The van der Waals surface area contributed by atoms with Crippen LogP contribution in [0.1, 0.15) is 54.4 Å². The molecule has 2 aromatic carbocycles. The van der Waals surface area contributed by atoms with Crippen molar-refractivity contribution in [2.24, 2.45) is 5.92 Å². The van der Waals surface area contributed by atoms with Gasteiger partial charge in [-0.15, -0.1) is 0 Å². The van der Waals surface area contributed by atoms with Gasteiger partial charge in [0.25, 0.3) is 5.56 Å². The molecule has 8 nitrogen and oxygen atoms in total. The van der Waals surface area contributed by atoms with Gasteiger partial charge in [0, 0.05) is 48.0 Å². The Kier molecular flexibility index (Phi) is 7.54. The van der Waals surface area contributed by atoms with E-state index in [0.29, 0.717) is 58.9 Å². The summed E-state index contributed by atoms with van der Waals surface area (Å²) in [5.74, 6) is -2.69. The van der Waals surface area contributed by atoms with Crippen LogP contribution in [0.2, 0.25) is 0 Å². The molecule has 6 rings (SSSR count). The topological polar surface area (TPSA) is 102 Å². The van der Waals surface area contributed by atoms with Gasteiger partial charge >= 0.3 is 6.18 Å². The lowest BCUT2D eigenvalue weighted by molar-refractivity contribution is -0.165. The molecule has 12 heteroatoms. The van der Waals surface area contributed by atoms with Gasteiger partial charge in [-0.2, -0.15) is 18.3 Å². The van der Waals surface area contributed by atoms with Gasteiger partial charge in [-0.1, -0.05) is 18.7 Å². The summed E-state index contributed by atoms with van der Waals surface area (Å²) in [5.41, 5.74) is 3.69. The molecule has 230 valence electrons. The van der Waals surface area contributed by atoms with E-state index in [1.807, 2.05) is 13.0 Å². The Hall–Kier alpha value is -4.48. The van der Waals surface area contributed by atoms with E-state index >= 15 is 0 Å². The highest BCUT2D eigenvalue weighted by atomic mass is 19.4. The zero-order chi connectivity index (χ0) is 31.3. The highest BCUT2D eigenvalue weighted by Gasteiger charge is 2.39. The van der Waals surface area contributed by atoms with Gasteiger partial charge in [0.1, 0.15) is 12.4 Å². The van der Waals surface area contributed by atoms with E-state index < -0.39 is 30.4 Å². The quantitative estimate of drug-likeness (QED) is 0.295. The molecule has 1 saturated heterocycles. The molecule has 1 fully saturated rings. The largest absolute Gasteiger partial charge is 0.406 e. The van der Waals surface area contributed by atoms with E-state index in [1.165, 1.54) is 6.07 Å². The van der Waals surface area contributed by atoms with Crippen LogP contribution in [0.15, 0.2) is 47.9 Å². The fraction of sp³-hybridized carbons (Fsp3) is 0.375. The highest BCUT2D eigenvalue weighted by molar-refractivity contribution is 5.94. The number of carbonyl (C=O) groups excluding carboxylic acids is 2. The lowest BCUT2D eigenvalue weighted by atomic mass is 9.88. The van der Waals surface area contributed by atoms with Gasteiger partial charge in [-0.3, -0.25) is 19.5 Å². The Morgan fingerprint density at radius 1 is 1.14 bits per heavy atom. The lowest BCUT2D eigenvalue weighted by Crippen LogP contribution is -2.44. The normalized spacial score (nSPS) is 18.1. The second-order valence-electron chi connectivity index (χ2n) is 11.8. The van der Waals surface area contributed by atoms with Crippen LogP contribution < -0.4 is 5.56 Å². The number of pyridine rings is 1. The third kappa shape index (κ3) is 5.60. The van der Waals surface area contributed by atoms with Crippen LogP contribution in [0.25, 0.3) is 27.4 Å². The maximum Gasteiger partial charge on any atom is 0.406 e. The molecule has 2 aliphatic rings. The van der Waals surface area contributed by atoms with Crippen molar-refractivity contribution in [2.45, 2.75) is 51.2 Å². The smallest absolute Gasteiger partial charge is 0.343 e. The summed E-state index contributed by atoms with van der Waals surface area (Å²) in [7, 11) is 0. The van der Waals surface area contributed by atoms with Crippen molar-refractivity contribution in [1.82, 2.24) is 25.0 Å². The Balaban J connectivity index is 1.22. The molecule has 2 aromatic heterocycles. The number of hydrogen-bond donors (Lipinski definition) is 2. The minimum atomic E-state index is -4.61. The number of para-hydroxylation sites is 1. The summed E-state index contributed by atoms with van der Waals surface area (Å²) in [4.78, 5) is 44.8.